The highest BCUT2D eigenvalue weighted by Crippen LogP contribution is 2.32. The van der Waals surface area contributed by atoms with Crippen LogP contribution in [0.3, 0.4) is 0 Å². The molecule has 1 aliphatic rings. The van der Waals surface area contributed by atoms with E-state index in [1.54, 1.807) is 11.8 Å². The van der Waals surface area contributed by atoms with E-state index in [2.05, 4.69) is 18.0 Å². The summed E-state index contributed by atoms with van der Waals surface area (Å²) in [5.74, 6) is 0.972. The van der Waals surface area contributed by atoms with Crippen LogP contribution in [-0.4, -0.2) is 17.3 Å². The third-order valence-electron chi connectivity index (χ3n) is 2.29. The summed E-state index contributed by atoms with van der Waals surface area (Å²) in [6.45, 7) is 2.14. The number of hydrogen-bond acceptors (Lipinski definition) is 3. The highest BCUT2D eigenvalue weighted by molar-refractivity contribution is 7.98. The number of hydrogen-bond donors (Lipinski definition) is 0. The Morgan fingerprint density at radius 1 is 1.57 bits per heavy atom. The highest BCUT2D eigenvalue weighted by atomic mass is 32.2. The van der Waals surface area contributed by atoms with Crippen LogP contribution in [0.15, 0.2) is 17.3 Å². The van der Waals surface area contributed by atoms with Gasteiger partial charge >= 0.3 is 0 Å². The fraction of sp³-hybridized carbons (Fsp3) is 0.545. The maximum Gasteiger partial charge on any atom is 0.152 e. The number of aryl methyl sites for hydroxylation is 1. The maximum absolute atomic E-state index is 5.81. The molecule has 0 unspecified atom stereocenters. The van der Waals surface area contributed by atoms with Gasteiger partial charge in [-0.3, -0.25) is 0 Å². The van der Waals surface area contributed by atoms with E-state index in [1.807, 2.05) is 12.5 Å². The lowest BCUT2D eigenvalue weighted by molar-refractivity contribution is 0.293. The standard InChI is InChI=1S/C11H15NOS/c1-3-8-6-10(13-9-4-5-9)11(14-2)12-7-8/h6-7,9H,3-5H2,1-2H3. The summed E-state index contributed by atoms with van der Waals surface area (Å²) in [7, 11) is 0. The number of rotatable bonds is 4. The van der Waals surface area contributed by atoms with Gasteiger partial charge in [0.2, 0.25) is 0 Å². The van der Waals surface area contributed by atoms with Crippen molar-refractivity contribution in [1.29, 1.82) is 0 Å². The first-order chi connectivity index (χ1) is 6.83. The summed E-state index contributed by atoms with van der Waals surface area (Å²) in [4.78, 5) is 4.39. The Labute approximate surface area is 89.1 Å². The summed E-state index contributed by atoms with van der Waals surface area (Å²) in [5.41, 5.74) is 1.25. The van der Waals surface area contributed by atoms with E-state index in [0.29, 0.717) is 6.10 Å². The van der Waals surface area contributed by atoms with Crippen LogP contribution in [0.1, 0.15) is 25.3 Å². The topological polar surface area (TPSA) is 22.1 Å². The summed E-state index contributed by atoms with van der Waals surface area (Å²) in [6.07, 6.45) is 7.84. The normalized spacial score (nSPS) is 15.6. The van der Waals surface area contributed by atoms with Gasteiger partial charge in [0.1, 0.15) is 5.03 Å². The molecule has 0 spiro atoms. The van der Waals surface area contributed by atoms with Gasteiger partial charge in [-0.05, 0) is 37.1 Å². The largest absolute Gasteiger partial charge is 0.488 e. The molecule has 0 aliphatic heterocycles. The van der Waals surface area contributed by atoms with Crippen LogP contribution in [0, 0.1) is 0 Å². The van der Waals surface area contributed by atoms with Gasteiger partial charge in [-0.1, -0.05) is 6.92 Å². The number of ether oxygens (including phenoxy) is 1. The lowest BCUT2D eigenvalue weighted by Crippen LogP contribution is -1.99. The van der Waals surface area contributed by atoms with Gasteiger partial charge in [0.15, 0.2) is 5.75 Å². The van der Waals surface area contributed by atoms with Crippen LogP contribution in [-0.2, 0) is 6.42 Å². The Morgan fingerprint density at radius 3 is 2.93 bits per heavy atom. The molecule has 0 saturated heterocycles. The van der Waals surface area contributed by atoms with Crippen molar-refractivity contribution in [2.45, 2.75) is 37.3 Å². The van der Waals surface area contributed by atoms with Crippen molar-refractivity contribution in [3.63, 3.8) is 0 Å². The van der Waals surface area contributed by atoms with Crippen LogP contribution in [0.5, 0.6) is 5.75 Å². The third-order valence-corrected chi connectivity index (χ3v) is 2.99. The van der Waals surface area contributed by atoms with Gasteiger partial charge < -0.3 is 4.74 Å². The molecule has 0 N–H and O–H groups in total. The van der Waals surface area contributed by atoms with E-state index in [-0.39, 0.29) is 0 Å². The summed E-state index contributed by atoms with van der Waals surface area (Å²) in [6, 6.07) is 2.12. The van der Waals surface area contributed by atoms with Crippen molar-refractivity contribution >= 4 is 11.8 Å². The van der Waals surface area contributed by atoms with Crippen molar-refractivity contribution in [3.05, 3.63) is 17.8 Å². The average molecular weight is 209 g/mol. The lowest BCUT2D eigenvalue weighted by atomic mass is 10.2. The molecule has 0 atom stereocenters. The van der Waals surface area contributed by atoms with Gasteiger partial charge in [-0.2, -0.15) is 0 Å². The minimum Gasteiger partial charge on any atom is -0.488 e. The van der Waals surface area contributed by atoms with Crippen LogP contribution < -0.4 is 4.74 Å². The molecule has 3 heteroatoms. The number of aromatic nitrogens is 1. The molecule has 0 amide bonds. The van der Waals surface area contributed by atoms with E-state index in [0.717, 1.165) is 17.2 Å². The first kappa shape index (κ1) is 9.84. The van der Waals surface area contributed by atoms with E-state index in [1.165, 1.54) is 18.4 Å². The molecule has 0 bridgehead atoms. The van der Waals surface area contributed by atoms with Crippen LogP contribution >= 0.6 is 11.8 Å². The number of nitrogens with zero attached hydrogens (tertiary/aromatic N) is 1. The van der Waals surface area contributed by atoms with Crippen LogP contribution in [0.25, 0.3) is 0 Å². The van der Waals surface area contributed by atoms with Gasteiger partial charge in [0.25, 0.3) is 0 Å². The monoisotopic (exact) mass is 209 g/mol. The fourth-order valence-electron chi connectivity index (χ4n) is 1.27. The quantitative estimate of drug-likeness (QED) is 0.712. The van der Waals surface area contributed by atoms with Gasteiger partial charge in [-0.25, -0.2) is 4.98 Å². The SMILES string of the molecule is CCc1cnc(SC)c(OC2CC2)c1. The predicted octanol–water partition coefficient (Wildman–Crippen LogP) is 2.91. The zero-order chi connectivity index (χ0) is 9.97. The van der Waals surface area contributed by atoms with Crippen molar-refractivity contribution in [1.82, 2.24) is 4.98 Å². The lowest BCUT2D eigenvalue weighted by Gasteiger charge is -2.09. The zero-order valence-corrected chi connectivity index (χ0v) is 9.43. The molecule has 1 saturated carbocycles. The molecular weight excluding hydrogens is 194 g/mol. The van der Waals surface area contributed by atoms with Gasteiger partial charge in [0, 0.05) is 6.20 Å². The zero-order valence-electron chi connectivity index (χ0n) is 8.62. The second kappa shape index (κ2) is 4.22. The highest BCUT2D eigenvalue weighted by Gasteiger charge is 2.24. The fourth-order valence-corrected chi connectivity index (χ4v) is 1.74. The van der Waals surface area contributed by atoms with Crippen molar-refractivity contribution in [3.8, 4) is 5.75 Å². The molecule has 14 heavy (non-hydrogen) atoms. The average Bonchev–Trinajstić information content (AvgIpc) is 3.01. The minimum absolute atomic E-state index is 0.454. The van der Waals surface area contributed by atoms with Gasteiger partial charge in [-0.15, -0.1) is 11.8 Å². The first-order valence-corrected chi connectivity index (χ1v) is 6.25. The first-order valence-electron chi connectivity index (χ1n) is 5.03. The summed E-state index contributed by atoms with van der Waals surface area (Å²) < 4.78 is 5.81. The molecule has 1 aromatic heterocycles. The molecule has 1 aromatic rings. The Balaban J connectivity index is 2.21. The predicted molar refractivity (Wildman–Crippen MR) is 59.0 cm³/mol. The van der Waals surface area contributed by atoms with E-state index in [4.69, 9.17) is 4.74 Å². The van der Waals surface area contributed by atoms with Crippen LogP contribution in [0.2, 0.25) is 0 Å². The van der Waals surface area contributed by atoms with Gasteiger partial charge in [0.05, 0.1) is 6.10 Å². The Bertz CT molecular complexity index is 323. The second-order valence-electron chi connectivity index (χ2n) is 3.52. The van der Waals surface area contributed by atoms with E-state index < -0.39 is 0 Å². The molecule has 0 aromatic carbocycles. The number of pyridine rings is 1. The second-order valence-corrected chi connectivity index (χ2v) is 4.32. The Morgan fingerprint density at radius 2 is 2.36 bits per heavy atom. The van der Waals surface area contributed by atoms with E-state index in [9.17, 15) is 0 Å². The molecule has 1 aliphatic carbocycles. The summed E-state index contributed by atoms with van der Waals surface area (Å²) in [5, 5.41) is 1.01. The third kappa shape index (κ3) is 2.21. The molecule has 76 valence electrons. The Kier molecular flexibility index (Phi) is 2.96. The van der Waals surface area contributed by atoms with Crippen LogP contribution in [0.4, 0.5) is 0 Å². The minimum atomic E-state index is 0.454. The molecule has 2 nitrogen and oxygen atoms in total. The summed E-state index contributed by atoms with van der Waals surface area (Å²) >= 11 is 1.65. The Hall–Kier alpha value is -0.700. The maximum atomic E-state index is 5.81. The molecular formula is C11H15NOS. The van der Waals surface area contributed by atoms with Crippen molar-refractivity contribution in [2.24, 2.45) is 0 Å². The number of thioether (sulfide) groups is 1. The van der Waals surface area contributed by atoms with Crippen molar-refractivity contribution < 1.29 is 4.74 Å². The van der Waals surface area contributed by atoms with Crippen molar-refractivity contribution in [2.75, 3.05) is 6.26 Å². The molecule has 1 fully saturated rings. The van der Waals surface area contributed by atoms with E-state index >= 15 is 0 Å². The molecule has 0 radical (unpaired) electrons. The smallest absolute Gasteiger partial charge is 0.152 e. The molecule has 2 rings (SSSR count). The molecule has 1 heterocycles.